The second kappa shape index (κ2) is 5.10. The topological polar surface area (TPSA) is 43.8 Å². The summed E-state index contributed by atoms with van der Waals surface area (Å²) in [4.78, 5) is 4.48. The summed E-state index contributed by atoms with van der Waals surface area (Å²) < 4.78 is 2.18. The predicted molar refractivity (Wildman–Crippen MR) is 82.7 cm³/mol. The van der Waals surface area contributed by atoms with E-state index >= 15 is 0 Å². The number of imidazole rings is 1. The van der Waals surface area contributed by atoms with Crippen LogP contribution in [-0.4, -0.2) is 15.6 Å². The van der Waals surface area contributed by atoms with Crippen LogP contribution < -0.4 is 5.73 Å². The van der Waals surface area contributed by atoms with E-state index < -0.39 is 0 Å². The number of aromatic nitrogens is 2. The maximum Gasteiger partial charge on any atom is 0.0964 e. The number of hydrogen-bond acceptors (Lipinski definition) is 2. The molecular formula is C17H19N3. The Labute approximate surface area is 119 Å². The number of fused-ring (bicyclic) bond motifs is 1. The van der Waals surface area contributed by atoms with Crippen molar-refractivity contribution in [3.05, 3.63) is 66.0 Å². The Kier molecular flexibility index (Phi) is 3.28. The summed E-state index contributed by atoms with van der Waals surface area (Å²) in [7, 11) is 0. The minimum atomic E-state index is 0.00871. The maximum absolute atomic E-state index is 6.25. The highest BCUT2D eigenvalue weighted by molar-refractivity contribution is 5.75. The lowest BCUT2D eigenvalue weighted by molar-refractivity contribution is 0.507. The number of benzene rings is 2. The number of hydrogen-bond donors (Lipinski definition) is 1. The van der Waals surface area contributed by atoms with Gasteiger partial charge in [0, 0.05) is 6.04 Å². The van der Waals surface area contributed by atoms with Gasteiger partial charge in [-0.1, -0.05) is 42.0 Å². The van der Waals surface area contributed by atoms with Crippen molar-refractivity contribution in [1.29, 1.82) is 0 Å². The Hall–Kier alpha value is -2.13. The molecule has 3 aromatic rings. The molecule has 3 heteroatoms. The molecule has 1 heterocycles. The largest absolute Gasteiger partial charge is 0.326 e. The average Bonchev–Trinajstić information content (AvgIpc) is 2.83. The molecule has 102 valence electrons. The Morgan fingerprint density at radius 2 is 1.90 bits per heavy atom. The third kappa shape index (κ3) is 2.21. The molecule has 2 atom stereocenters. The predicted octanol–water partition coefficient (Wildman–Crippen LogP) is 3.28. The van der Waals surface area contributed by atoms with E-state index in [2.05, 4.69) is 46.8 Å². The first kappa shape index (κ1) is 12.9. The molecule has 2 unspecified atom stereocenters. The zero-order valence-corrected chi connectivity index (χ0v) is 11.8. The molecule has 3 nitrogen and oxygen atoms in total. The number of nitrogens with zero attached hydrogens (tertiary/aromatic N) is 2. The van der Waals surface area contributed by atoms with Gasteiger partial charge in [0.2, 0.25) is 0 Å². The Balaban J connectivity index is 2.16. The van der Waals surface area contributed by atoms with Crippen LogP contribution in [0.15, 0.2) is 54.9 Å². The Morgan fingerprint density at radius 3 is 2.65 bits per heavy atom. The molecule has 0 saturated carbocycles. The average molecular weight is 265 g/mol. The zero-order chi connectivity index (χ0) is 14.1. The van der Waals surface area contributed by atoms with Crippen molar-refractivity contribution in [1.82, 2.24) is 9.55 Å². The highest BCUT2D eigenvalue weighted by atomic mass is 15.1. The lowest BCUT2D eigenvalue weighted by Crippen LogP contribution is -2.30. The third-order valence-corrected chi connectivity index (χ3v) is 3.66. The molecule has 0 amide bonds. The van der Waals surface area contributed by atoms with Crippen molar-refractivity contribution in [3.63, 3.8) is 0 Å². The minimum Gasteiger partial charge on any atom is -0.326 e. The molecule has 0 radical (unpaired) electrons. The van der Waals surface area contributed by atoms with Crippen LogP contribution in [0.25, 0.3) is 11.0 Å². The van der Waals surface area contributed by atoms with Crippen molar-refractivity contribution in [2.75, 3.05) is 0 Å². The van der Waals surface area contributed by atoms with Crippen LogP contribution in [0.1, 0.15) is 24.1 Å². The summed E-state index contributed by atoms with van der Waals surface area (Å²) >= 11 is 0. The minimum absolute atomic E-state index is 0.00871. The van der Waals surface area contributed by atoms with Crippen molar-refractivity contribution >= 4 is 11.0 Å². The fourth-order valence-electron chi connectivity index (χ4n) is 2.77. The number of para-hydroxylation sites is 2. The van der Waals surface area contributed by atoms with Crippen molar-refractivity contribution in [3.8, 4) is 0 Å². The molecule has 20 heavy (non-hydrogen) atoms. The van der Waals surface area contributed by atoms with Gasteiger partial charge in [0.1, 0.15) is 0 Å². The van der Waals surface area contributed by atoms with E-state index in [-0.39, 0.29) is 12.1 Å². The van der Waals surface area contributed by atoms with Gasteiger partial charge in [0.25, 0.3) is 0 Å². The summed E-state index contributed by atoms with van der Waals surface area (Å²) in [6, 6.07) is 16.8. The monoisotopic (exact) mass is 265 g/mol. The van der Waals surface area contributed by atoms with E-state index in [1.54, 1.807) is 0 Å². The van der Waals surface area contributed by atoms with E-state index in [9.17, 15) is 0 Å². The lowest BCUT2D eigenvalue weighted by Gasteiger charge is -2.24. The summed E-state index contributed by atoms with van der Waals surface area (Å²) in [5, 5.41) is 0. The van der Waals surface area contributed by atoms with Gasteiger partial charge in [0.15, 0.2) is 0 Å². The van der Waals surface area contributed by atoms with Crippen LogP contribution >= 0.6 is 0 Å². The highest BCUT2D eigenvalue weighted by Crippen LogP contribution is 2.26. The van der Waals surface area contributed by atoms with Crippen LogP contribution in [0.5, 0.6) is 0 Å². The first-order chi connectivity index (χ1) is 9.66. The van der Waals surface area contributed by atoms with Gasteiger partial charge in [-0.3, -0.25) is 0 Å². The highest BCUT2D eigenvalue weighted by Gasteiger charge is 2.20. The summed E-state index contributed by atoms with van der Waals surface area (Å²) in [6.45, 7) is 4.15. The first-order valence-corrected chi connectivity index (χ1v) is 6.90. The zero-order valence-electron chi connectivity index (χ0n) is 11.8. The summed E-state index contributed by atoms with van der Waals surface area (Å²) in [5.41, 5.74) is 10.9. The van der Waals surface area contributed by atoms with Crippen LogP contribution in [0.3, 0.4) is 0 Å². The van der Waals surface area contributed by atoms with Gasteiger partial charge < -0.3 is 10.3 Å². The second-order valence-corrected chi connectivity index (χ2v) is 5.36. The third-order valence-electron chi connectivity index (χ3n) is 3.66. The van der Waals surface area contributed by atoms with E-state index in [1.165, 1.54) is 11.1 Å². The van der Waals surface area contributed by atoms with Gasteiger partial charge in [-0.05, 0) is 31.5 Å². The molecule has 2 aromatic carbocycles. The Morgan fingerprint density at radius 1 is 1.10 bits per heavy atom. The van der Waals surface area contributed by atoms with Crippen LogP contribution in [0.4, 0.5) is 0 Å². The van der Waals surface area contributed by atoms with Crippen molar-refractivity contribution in [2.24, 2.45) is 5.73 Å². The van der Waals surface area contributed by atoms with E-state index in [0.29, 0.717) is 0 Å². The smallest absolute Gasteiger partial charge is 0.0964 e. The molecule has 0 aliphatic heterocycles. The molecule has 0 fully saturated rings. The molecule has 0 saturated heterocycles. The SMILES string of the molecule is Cc1cccc(C(C(C)N)n2cnc3ccccc32)c1. The van der Waals surface area contributed by atoms with Gasteiger partial charge in [0.05, 0.1) is 23.4 Å². The molecule has 0 spiro atoms. The normalized spacial score (nSPS) is 14.3. The first-order valence-electron chi connectivity index (χ1n) is 6.90. The standard InChI is InChI=1S/C17H19N3/c1-12-6-5-7-14(10-12)17(13(2)18)20-11-19-15-8-3-4-9-16(15)20/h3-11,13,17H,18H2,1-2H3. The number of rotatable bonds is 3. The van der Waals surface area contributed by atoms with E-state index in [4.69, 9.17) is 5.73 Å². The van der Waals surface area contributed by atoms with E-state index in [1.807, 2.05) is 31.5 Å². The molecule has 0 aliphatic carbocycles. The van der Waals surface area contributed by atoms with Gasteiger partial charge >= 0.3 is 0 Å². The van der Waals surface area contributed by atoms with E-state index in [0.717, 1.165) is 11.0 Å². The fourth-order valence-corrected chi connectivity index (χ4v) is 2.77. The number of aryl methyl sites for hydroxylation is 1. The molecule has 0 aliphatic rings. The molecule has 3 rings (SSSR count). The van der Waals surface area contributed by atoms with Crippen molar-refractivity contribution in [2.45, 2.75) is 25.9 Å². The number of nitrogens with two attached hydrogens (primary N) is 1. The molecule has 2 N–H and O–H groups in total. The maximum atomic E-state index is 6.25. The van der Waals surface area contributed by atoms with Crippen LogP contribution in [0.2, 0.25) is 0 Å². The fraction of sp³-hybridized carbons (Fsp3) is 0.235. The lowest BCUT2D eigenvalue weighted by atomic mass is 9.99. The quantitative estimate of drug-likeness (QED) is 0.789. The van der Waals surface area contributed by atoms with Gasteiger partial charge in [-0.15, -0.1) is 0 Å². The Bertz CT molecular complexity index is 728. The van der Waals surface area contributed by atoms with Gasteiger partial charge in [-0.25, -0.2) is 4.98 Å². The summed E-state index contributed by atoms with van der Waals surface area (Å²) in [5.74, 6) is 0. The van der Waals surface area contributed by atoms with Crippen LogP contribution in [0, 0.1) is 6.92 Å². The molecular weight excluding hydrogens is 246 g/mol. The van der Waals surface area contributed by atoms with Gasteiger partial charge in [-0.2, -0.15) is 0 Å². The second-order valence-electron chi connectivity index (χ2n) is 5.36. The molecule has 1 aromatic heterocycles. The van der Waals surface area contributed by atoms with Crippen molar-refractivity contribution < 1.29 is 0 Å². The molecule has 0 bridgehead atoms. The summed E-state index contributed by atoms with van der Waals surface area (Å²) in [6.07, 6.45) is 1.89. The van der Waals surface area contributed by atoms with Crippen LogP contribution in [-0.2, 0) is 0 Å².